The minimum absolute atomic E-state index is 0.0555. The summed E-state index contributed by atoms with van der Waals surface area (Å²) in [5.41, 5.74) is 1.54. The number of likely N-dealkylation sites (tertiary alicyclic amines) is 1. The molecule has 0 bridgehead atoms. The Morgan fingerprint density at radius 3 is 2.77 bits per heavy atom. The Bertz CT molecular complexity index is 957. The van der Waals surface area contributed by atoms with Crippen LogP contribution in [0.25, 0.3) is 11.3 Å². The first-order valence-corrected chi connectivity index (χ1v) is 10.8. The van der Waals surface area contributed by atoms with E-state index in [-0.39, 0.29) is 29.9 Å². The molecule has 2 saturated heterocycles. The van der Waals surface area contributed by atoms with Gasteiger partial charge in [-0.2, -0.15) is 5.10 Å². The Morgan fingerprint density at radius 2 is 2.10 bits per heavy atom. The van der Waals surface area contributed by atoms with Crippen molar-refractivity contribution in [2.75, 3.05) is 26.8 Å². The van der Waals surface area contributed by atoms with Gasteiger partial charge in [-0.15, -0.1) is 0 Å². The number of hydrogen-bond acceptors (Lipinski definition) is 6. The number of methoxy groups -OCH3 is 1. The second-order valence-electron chi connectivity index (χ2n) is 8.03. The summed E-state index contributed by atoms with van der Waals surface area (Å²) in [6.45, 7) is 3.62. The van der Waals surface area contributed by atoms with Crippen molar-refractivity contribution in [2.45, 2.75) is 38.3 Å². The summed E-state index contributed by atoms with van der Waals surface area (Å²) in [5.74, 6) is 0.238. The van der Waals surface area contributed by atoms with Gasteiger partial charge >= 0.3 is 0 Å². The number of aromatic nitrogens is 3. The second-order valence-corrected chi connectivity index (χ2v) is 8.43. The lowest BCUT2D eigenvalue weighted by Gasteiger charge is -2.31. The Morgan fingerprint density at radius 1 is 1.32 bits per heavy atom. The summed E-state index contributed by atoms with van der Waals surface area (Å²) >= 11 is 6.23. The van der Waals surface area contributed by atoms with E-state index in [1.807, 2.05) is 6.92 Å². The molecule has 0 aliphatic carbocycles. The van der Waals surface area contributed by atoms with Crippen LogP contribution in [0, 0.1) is 5.92 Å². The van der Waals surface area contributed by atoms with Crippen molar-refractivity contribution in [1.29, 1.82) is 0 Å². The van der Waals surface area contributed by atoms with Crippen LogP contribution in [0.15, 0.2) is 18.3 Å². The molecule has 4 heterocycles. The van der Waals surface area contributed by atoms with Crippen LogP contribution in [0.4, 0.5) is 0 Å². The topological polar surface area (TPSA) is 109 Å². The largest absolute Gasteiger partial charge is 0.481 e. The van der Waals surface area contributed by atoms with Crippen LogP contribution in [-0.2, 0) is 9.53 Å². The van der Waals surface area contributed by atoms with Crippen LogP contribution in [0.2, 0.25) is 5.02 Å². The molecule has 2 unspecified atom stereocenters. The summed E-state index contributed by atoms with van der Waals surface area (Å²) in [7, 11) is 1.52. The molecular weight excluding hydrogens is 422 g/mol. The van der Waals surface area contributed by atoms with Crippen LogP contribution in [-0.4, -0.2) is 70.8 Å². The van der Waals surface area contributed by atoms with E-state index in [1.54, 1.807) is 17.0 Å². The van der Waals surface area contributed by atoms with Crippen molar-refractivity contribution >= 4 is 23.4 Å². The maximum absolute atomic E-state index is 12.9. The first-order chi connectivity index (χ1) is 14.9. The summed E-state index contributed by atoms with van der Waals surface area (Å²) in [5, 5.41) is 10.5. The van der Waals surface area contributed by atoms with Gasteiger partial charge in [0.1, 0.15) is 5.69 Å². The van der Waals surface area contributed by atoms with E-state index in [9.17, 15) is 9.59 Å². The van der Waals surface area contributed by atoms with Crippen LogP contribution in [0.5, 0.6) is 5.88 Å². The molecule has 2 fully saturated rings. The van der Waals surface area contributed by atoms with Gasteiger partial charge in [0.2, 0.25) is 11.8 Å². The average molecular weight is 448 g/mol. The molecule has 2 aliphatic rings. The van der Waals surface area contributed by atoms with Gasteiger partial charge in [-0.3, -0.25) is 14.7 Å². The molecule has 2 aromatic heterocycles. The van der Waals surface area contributed by atoms with Gasteiger partial charge in [0, 0.05) is 30.6 Å². The summed E-state index contributed by atoms with van der Waals surface area (Å²) < 4.78 is 10.6. The fourth-order valence-electron chi connectivity index (χ4n) is 4.05. The quantitative estimate of drug-likeness (QED) is 0.727. The third kappa shape index (κ3) is 4.83. The predicted molar refractivity (Wildman–Crippen MR) is 114 cm³/mol. The molecule has 4 rings (SSSR count). The molecule has 2 aliphatic heterocycles. The molecule has 31 heavy (non-hydrogen) atoms. The number of nitrogens with zero attached hydrogens (tertiary/aromatic N) is 3. The molecular formula is C21H26ClN5O4. The Kier molecular flexibility index (Phi) is 6.43. The van der Waals surface area contributed by atoms with E-state index in [4.69, 9.17) is 21.1 Å². The normalized spacial score (nSPS) is 21.8. The number of H-pyrrole nitrogens is 1. The van der Waals surface area contributed by atoms with Gasteiger partial charge in [-0.1, -0.05) is 11.6 Å². The zero-order valence-electron chi connectivity index (χ0n) is 17.6. The lowest BCUT2D eigenvalue weighted by molar-refractivity contribution is -0.127. The number of hydrogen-bond donors (Lipinski definition) is 2. The molecule has 9 nitrogen and oxygen atoms in total. The molecule has 0 aromatic carbocycles. The minimum atomic E-state index is -0.146. The highest BCUT2D eigenvalue weighted by molar-refractivity contribution is 6.33. The molecule has 2 N–H and O–H groups in total. The second kappa shape index (κ2) is 9.23. The summed E-state index contributed by atoms with van der Waals surface area (Å²) in [6.07, 6.45) is 3.79. The van der Waals surface area contributed by atoms with Crippen LogP contribution >= 0.6 is 11.6 Å². The Balaban J connectivity index is 1.35. The van der Waals surface area contributed by atoms with Gasteiger partial charge in [-0.25, -0.2) is 4.98 Å². The van der Waals surface area contributed by atoms with E-state index in [0.717, 1.165) is 6.42 Å². The number of aromatic amines is 1. The molecule has 2 aromatic rings. The highest BCUT2D eigenvalue weighted by Gasteiger charge is 2.31. The molecule has 0 saturated carbocycles. The summed E-state index contributed by atoms with van der Waals surface area (Å²) in [4.78, 5) is 31.2. The van der Waals surface area contributed by atoms with E-state index in [1.165, 1.54) is 13.3 Å². The van der Waals surface area contributed by atoms with Gasteiger partial charge in [0.05, 0.1) is 42.8 Å². The first kappa shape index (κ1) is 21.6. The van der Waals surface area contributed by atoms with Crippen LogP contribution in [0.1, 0.15) is 36.7 Å². The molecule has 0 spiro atoms. The zero-order valence-corrected chi connectivity index (χ0v) is 18.3. The van der Waals surface area contributed by atoms with Crippen molar-refractivity contribution in [2.24, 2.45) is 5.92 Å². The number of pyridine rings is 1. The number of rotatable bonds is 5. The molecule has 2 amide bonds. The van der Waals surface area contributed by atoms with Crippen molar-refractivity contribution in [1.82, 2.24) is 25.4 Å². The smallest absolute Gasteiger partial charge is 0.271 e. The number of ether oxygens (including phenoxy) is 2. The van der Waals surface area contributed by atoms with E-state index < -0.39 is 0 Å². The third-order valence-corrected chi connectivity index (χ3v) is 6.12. The Hall–Kier alpha value is -2.65. The lowest BCUT2D eigenvalue weighted by Crippen LogP contribution is -2.45. The Labute approximate surface area is 185 Å². The SMILES string of the molecule is COc1cc(-c2cc(C(=O)N3CCC(C(=O)NC4COC(C)C4)CC3)[nH]n2)c(Cl)cn1. The van der Waals surface area contributed by atoms with Gasteiger partial charge in [0.15, 0.2) is 0 Å². The number of piperidine rings is 1. The number of nitrogens with one attached hydrogen (secondary N) is 2. The summed E-state index contributed by atoms with van der Waals surface area (Å²) in [6, 6.07) is 3.43. The van der Waals surface area contributed by atoms with Crippen molar-refractivity contribution < 1.29 is 19.1 Å². The molecule has 0 radical (unpaired) electrons. The molecule has 166 valence electrons. The molecule has 10 heteroatoms. The number of amides is 2. The number of carbonyl (C=O) groups excluding carboxylic acids is 2. The number of carbonyl (C=O) groups is 2. The van der Waals surface area contributed by atoms with Crippen LogP contribution < -0.4 is 10.1 Å². The first-order valence-electron chi connectivity index (χ1n) is 10.4. The van der Waals surface area contributed by atoms with Crippen molar-refractivity contribution in [3.63, 3.8) is 0 Å². The number of halogens is 1. The fourth-order valence-corrected chi connectivity index (χ4v) is 4.25. The van der Waals surface area contributed by atoms with Crippen molar-refractivity contribution in [3.8, 4) is 17.1 Å². The van der Waals surface area contributed by atoms with Crippen molar-refractivity contribution in [3.05, 3.63) is 29.0 Å². The highest BCUT2D eigenvalue weighted by atomic mass is 35.5. The van der Waals surface area contributed by atoms with E-state index in [2.05, 4.69) is 20.5 Å². The van der Waals surface area contributed by atoms with Gasteiger partial charge in [0.25, 0.3) is 5.91 Å². The third-order valence-electron chi connectivity index (χ3n) is 5.82. The lowest BCUT2D eigenvalue weighted by atomic mass is 9.95. The maximum atomic E-state index is 12.9. The van der Waals surface area contributed by atoms with Gasteiger partial charge in [-0.05, 0) is 32.3 Å². The van der Waals surface area contributed by atoms with E-state index in [0.29, 0.717) is 60.4 Å². The zero-order chi connectivity index (χ0) is 22.0. The predicted octanol–water partition coefficient (Wildman–Crippen LogP) is 2.28. The fraction of sp³-hybridized carbons (Fsp3) is 0.524. The van der Waals surface area contributed by atoms with E-state index >= 15 is 0 Å². The monoisotopic (exact) mass is 447 g/mol. The maximum Gasteiger partial charge on any atom is 0.271 e. The average Bonchev–Trinajstić information content (AvgIpc) is 3.43. The molecule has 2 atom stereocenters. The van der Waals surface area contributed by atoms with Gasteiger partial charge < -0.3 is 19.7 Å². The van der Waals surface area contributed by atoms with Crippen LogP contribution in [0.3, 0.4) is 0 Å². The standard InChI is InChI=1S/C21H26ClN5O4/c1-12-7-14(11-31-12)24-20(28)13-3-5-27(6-4-13)21(29)18-9-17(25-26-18)15-8-19(30-2)23-10-16(15)22/h8-10,12-14H,3-7,11H2,1-2H3,(H,24,28)(H,25,26). The highest BCUT2D eigenvalue weighted by Crippen LogP contribution is 2.29. The minimum Gasteiger partial charge on any atom is -0.481 e.